The molecule has 5 nitrogen and oxygen atoms in total. The Kier molecular flexibility index (Phi) is 3.39. The number of hydrogen-bond acceptors (Lipinski definition) is 4. The molecule has 1 amide bonds. The number of amides is 1. The van der Waals surface area contributed by atoms with Crippen LogP contribution in [0.5, 0.6) is 0 Å². The molecular weight excluding hydrogens is 220 g/mol. The van der Waals surface area contributed by atoms with Gasteiger partial charge in [-0.15, -0.1) is 0 Å². The molecule has 0 aromatic heterocycles. The largest absolute Gasteiger partial charge is 0.449 e. The summed E-state index contributed by atoms with van der Waals surface area (Å²) in [7, 11) is 0. The maximum atomic E-state index is 11.9. The predicted molar refractivity (Wildman–Crippen MR) is 61.2 cm³/mol. The lowest BCUT2D eigenvalue weighted by atomic mass is 10.0. The summed E-state index contributed by atoms with van der Waals surface area (Å²) in [5.41, 5.74) is 6.97. The lowest BCUT2D eigenvalue weighted by Crippen LogP contribution is -2.24. The van der Waals surface area contributed by atoms with Crippen molar-refractivity contribution in [3.63, 3.8) is 0 Å². The smallest absolute Gasteiger partial charge is 0.404 e. The van der Waals surface area contributed by atoms with E-state index in [1.54, 1.807) is 0 Å². The van der Waals surface area contributed by atoms with Crippen LogP contribution in [0.4, 0.5) is 4.79 Å². The Morgan fingerprint density at radius 3 is 2.94 bits per heavy atom. The van der Waals surface area contributed by atoms with E-state index in [2.05, 4.69) is 10.1 Å². The van der Waals surface area contributed by atoms with Crippen LogP contribution in [0.3, 0.4) is 0 Å². The van der Waals surface area contributed by atoms with Crippen LogP contribution in [0.2, 0.25) is 0 Å². The molecule has 1 atom stereocenters. The van der Waals surface area contributed by atoms with Crippen LogP contribution in [0.25, 0.3) is 0 Å². The molecule has 0 fully saturated rings. The van der Waals surface area contributed by atoms with Crippen molar-refractivity contribution in [2.75, 3.05) is 6.61 Å². The monoisotopic (exact) mass is 234 g/mol. The van der Waals surface area contributed by atoms with Gasteiger partial charge in [0.25, 0.3) is 0 Å². The highest BCUT2D eigenvalue weighted by Gasteiger charge is 2.27. The number of carbonyl (C=O) groups excluding carboxylic acids is 2. The number of hydrogen-bond donors (Lipinski definition) is 2. The topological polar surface area (TPSA) is 81.4 Å². The number of nitrogens with one attached hydrogen (secondary N) is 1. The molecule has 1 aliphatic heterocycles. The molecule has 0 radical (unpaired) electrons. The SMILES string of the molecule is NC(=O)OCCC(=O)C1NCc2ccccc21. The van der Waals surface area contributed by atoms with Gasteiger partial charge in [0.15, 0.2) is 5.78 Å². The van der Waals surface area contributed by atoms with E-state index in [4.69, 9.17) is 5.73 Å². The molecule has 2 rings (SSSR count). The third-order valence-corrected chi connectivity index (χ3v) is 2.78. The first-order valence-corrected chi connectivity index (χ1v) is 5.44. The van der Waals surface area contributed by atoms with Crippen molar-refractivity contribution in [2.24, 2.45) is 5.73 Å². The summed E-state index contributed by atoms with van der Waals surface area (Å²) < 4.78 is 4.55. The number of nitrogens with two attached hydrogens (primary N) is 1. The Morgan fingerprint density at radius 2 is 2.18 bits per heavy atom. The molecule has 0 saturated heterocycles. The van der Waals surface area contributed by atoms with E-state index in [0.717, 1.165) is 11.1 Å². The Hall–Kier alpha value is -1.88. The first kappa shape index (κ1) is 11.6. The van der Waals surface area contributed by atoms with Gasteiger partial charge < -0.3 is 10.5 Å². The predicted octanol–water partition coefficient (Wildman–Crippen LogP) is 0.885. The van der Waals surface area contributed by atoms with Gasteiger partial charge in [-0.05, 0) is 11.1 Å². The van der Waals surface area contributed by atoms with E-state index in [-0.39, 0.29) is 24.9 Å². The van der Waals surface area contributed by atoms with Gasteiger partial charge in [0, 0.05) is 13.0 Å². The molecule has 17 heavy (non-hydrogen) atoms. The quantitative estimate of drug-likeness (QED) is 0.810. The summed E-state index contributed by atoms with van der Waals surface area (Å²) in [6.07, 6.45) is -0.674. The number of carbonyl (C=O) groups is 2. The van der Waals surface area contributed by atoms with Crippen LogP contribution in [0.15, 0.2) is 24.3 Å². The van der Waals surface area contributed by atoms with Crippen molar-refractivity contribution in [3.8, 4) is 0 Å². The highest BCUT2D eigenvalue weighted by Crippen LogP contribution is 2.26. The van der Waals surface area contributed by atoms with Crippen molar-refractivity contribution >= 4 is 11.9 Å². The third-order valence-electron chi connectivity index (χ3n) is 2.78. The Labute approximate surface area is 98.9 Å². The van der Waals surface area contributed by atoms with Crippen molar-refractivity contribution in [1.29, 1.82) is 0 Å². The van der Waals surface area contributed by atoms with Crippen LogP contribution in [0.1, 0.15) is 23.6 Å². The third kappa shape index (κ3) is 2.62. The Morgan fingerprint density at radius 1 is 1.41 bits per heavy atom. The number of ether oxygens (including phenoxy) is 1. The molecule has 0 bridgehead atoms. The van der Waals surface area contributed by atoms with E-state index in [1.807, 2.05) is 24.3 Å². The first-order valence-electron chi connectivity index (χ1n) is 5.44. The molecule has 0 spiro atoms. The Bertz CT molecular complexity index is 445. The minimum absolute atomic E-state index is 0.0104. The minimum Gasteiger partial charge on any atom is -0.449 e. The zero-order valence-electron chi connectivity index (χ0n) is 9.31. The van der Waals surface area contributed by atoms with Crippen LogP contribution >= 0.6 is 0 Å². The zero-order valence-corrected chi connectivity index (χ0v) is 9.31. The second-order valence-corrected chi connectivity index (χ2v) is 3.90. The van der Waals surface area contributed by atoms with Gasteiger partial charge in [0.05, 0.1) is 6.04 Å². The first-order chi connectivity index (χ1) is 8.18. The van der Waals surface area contributed by atoms with Gasteiger partial charge >= 0.3 is 6.09 Å². The van der Waals surface area contributed by atoms with Gasteiger partial charge in [0.1, 0.15) is 6.61 Å². The van der Waals surface area contributed by atoms with Crippen LogP contribution < -0.4 is 11.1 Å². The van der Waals surface area contributed by atoms with Crippen molar-refractivity contribution in [2.45, 2.75) is 19.0 Å². The van der Waals surface area contributed by atoms with Crippen molar-refractivity contribution in [1.82, 2.24) is 5.32 Å². The summed E-state index contributed by atoms with van der Waals surface area (Å²) in [6, 6.07) is 7.50. The van der Waals surface area contributed by atoms with E-state index in [1.165, 1.54) is 0 Å². The summed E-state index contributed by atoms with van der Waals surface area (Å²) in [5, 5.41) is 3.14. The van der Waals surface area contributed by atoms with Gasteiger partial charge in [-0.25, -0.2) is 4.79 Å². The van der Waals surface area contributed by atoms with Gasteiger partial charge in [-0.1, -0.05) is 24.3 Å². The molecule has 0 saturated carbocycles. The summed E-state index contributed by atoms with van der Waals surface area (Å²) in [5.74, 6) is 0.0104. The molecule has 1 unspecified atom stereocenters. The maximum Gasteiger partial charge on any atom is 0.404 e. The van der Waals surface area contributed by atoms with Gasteiger partial charge in [-0.3, -0.25) is 10.1 Å². The number of fused-ring (bicyclic) bond motifs is 1. The van der Waals surface area contributed by atoms with E-state index in [0.29, 0.717) is 6.54 Å². The summed E-state index contributed by atoms with van der Waals surface area (Å²) in [4.78, 5) is 22.3. The average Bonchev–Trinajstić information content (AvgIpc) is 2.72. The lowest BCUT2D eigenvalue weighted by Gasteiger charge is -2.10. The standard InChI is InChI=1S/C12H14N2O3/c13-12(16)17-6-5-10(15)11-9-4-2-1-3-8(9)7-14-11/h1-4,11,14H,5-7H2,(H2,13,16). The second-order valence-electron chi connectivity index (χ2n) is 3.90. The van der Waals surface area contributed by atoms with Crippen LogP contribution in [-0.2, 0) is 16.1 Å². The number of Topliss-reactive ketones (excluding diaryl/α,β-unsaturated/α-hetero) is 1. The summed E-state index contributed by atoms with van der Waals surface area (Å²) in [6.45, 7) is 0.734. The van der Waals surface area contributed by atoms with E-state index in [9.17, 15) is 9.59 Å². The number of rotatable bonds is 4. The van der Waals surface area contributed by atoms with Crippen LogP contribution in [-0.4, -0.2) is 18.5 Å². The summed E-state index contributed by atoms with van der Waals surface area (Å²) >= 11 is 0. The molecule has 0 aliphatic carbocycles. The highest BCUT2D eigenvalue weighted by molar-refractivity contribution is 5.86. The molecule has 1 heterocycles. The number of ketones is 1. The fraction of sp³-hybridized carbons (Fsp3) is 0.333. The normalized spacial score (nSPS) is 17.5. The number of benzene rings is 1. The molecule has 5 heteroatoms. The van der Waals surface area contributed by atoms with Gasteiger partial charge in [0.2, 0.25) is 0 Å². The van der Waals surface area contributed by atoms with E-state index < -0.39 is 6.09 Å². The molecule has 3 N–H and O–H groups in total. The maximum absolute atomic E-state index is 11.9. The zero-order chi connectivity index (χ0) is 12.3. The van der Waals surface area contributed by atoms with Crippen LogP contribution in [0, 0.1) is 0 Å². The molecule has 1 aromatic rings. The molecule has 1 aliphatic rings. The molecule has 1 aromatic carbocycles. The Balaban J connectivity index is 1.96. The lowest BCUT2D eigenvalue weighted by molar-refractivity contribution is -0.121. The average molecular weight is 234 g/mol. The fourth-order valence-electron chi connectivity index (χ4n) is 1.98. The van der Waals surface area contributed by atoms with Crippen molar-refractivity contribution in [3.05, 3.63) is 35.4 Å². The second kappa shape index (κ2) is 4.97. The van der Waals surface area contributed by atoms with Gasteiger partial charge in [-0.2, -0.15) is 0 Å². The van der Waals surface area contributed by atoms with E-state index >= 15 is 0 Å². The molecular formula is C12H14N2O3. The fourth-order valence-corrected chi connectivity index (χ4v) is 1.98. The molecule has 90 valence electrons. The highest BCUT2D eigenvalue weighted by atomic mass is 16.5. The minimum atomic E-state index is -0.849. The van der Waals surface area contributed by atoms with Crippen molar-refractivity contribution < 1.29 is 14.3 Å². The number of primary amides is 1.